The van der Waals surface area contributed by atoms with Crippen LogP contribution in [-0.4, -0.2) is 71.6 Å². The third-order valence-corrected chi connectivity index (χ3v) is 8.07. The average Bonchev–Trinajstić information content (AvgIpc) is 2.31. The van der Waals surface area contributed by atoms with E-state index in [9.17, 15) is 0 Å². The van der Waals surface area contributed by atoms with Crippen molar-refractivity contribution in [3.63, 3.8) is 0 Å². The summed E-state index contributed by atoms with van der Waals surface area (Å²) in [6, 6.07) is 1.75. The Hall–Kier alpha value is -0.120. The van der Waals surface area contributed by atoms with E-state index in [1.54, 1.807) is 0 Å². The molecular weight excluding hydrogens is 306 g/mol. The summed E-state index contributed by atoms with van der Waals surface area (Å²) in [4.78, 5) is 8.23. The topological polar surface area (TPSA) is 9.72 Å². The van der Waals surface area contributed by atoms with Gasteiger partial charge >= 0.3 is 0 Å². The Kier molecular flexibility index (Phi) is 4.34. The summed E-state index contributed by atoms with van der Waals surface area (Å²) >= 11 is 0. The molecular formula is C22H41N3. The second-order valence-electron chi connectivity index (χ2n) is 11.9. The van der Waals surface area contributed by atoms with Crippen LogP contribution in [0.3, 0.4) is 0 Å². The first-order valence-corrected chi connectivity index (χ1v) is 10.8. The van der Waals surface area contributed by atoms with Crippen molar-refractivity contribution in [3.8, 4) is 0 Å². The largest absolute Gasteiger partial charge is 0.300 e. The molecule has 1 aliphatic carbocycles. The number of likely N-dealkylation sites (tertiary alicyclic amines) is 3. The van der Waals surface area contributed by atoms with Gasteiger partial charge in [0.05, 0.1) is 0 Å². The van der Waals surface area contributed by atoms with Crippen molar-refractivity contribution in [1.29, 1.82) is 0 Å². The number of hydrogen-bond donors (Lipinski definition) is 0. The molecule has 0 atom stereocenters. The Morgan fingerprint density at radius 3 is 1.76 bits per heavy atom. The Labute approximate surface area is 156 Å². The molecule has 0 unspecified atom stereocenters. The summed E-state index contributed by atoms with van der Waals surface area (Å²) < 4.78 is 0. The molecule has 3 aliphatic heterocycles. The van der Waals surface area contributed by atoms with Gasteiger partial charge in [-0.25, -0.2) is 0 Å². The van der Waals surface area contributed by atoms with Crippen LogP contribution in [0.15, 0.2) is 0 Å². The molecule has 1 spiro atoms. The van der Waals surface area contributed by atoms with Crippen LogP contribution >= 0.6 is 0 Å². The zero-order valence-electron chi connectivity index (χ0n) is 17.6. The van der Waals surface area contributed by atoms with Gasteiger partial charge in [-0.05, 0) is 63.2 Å². The molecule has 4 rings (SSSR count). The van der Waals surface area contributed by atoms with Crippen LogP contribution in [0.5, 0.6) is 0 Å². The van der Waals surface area contributed by atoms with Gasteiger partial charge in [-0.3, -0.25) is 14.7 Å². The molecule has 0 bridgehead atoms. The van der Waals surface area contributed by atoms with E-state index in [1.807, 2.05) is 0 Å². The van der Waals surface area contributed by atoms with E-state index in [0.717, 1.165) is 18.0 Å². The average molecular weight is 348 g/mol. The molecule has 0 radical (unpaired) electrons. The standard InChI is InChI=1S/C22H41N3/c1-20(2,3)17-11-23(12-17)18-7-9-22(10-8-18)15-24(16-22)19-13-25(14-19)21(4,5)6/h17-19H,7-16H2,1-6H3. The quantitative estimate of drug-likeness (QED) is 0.754. The zero-order valence-corrected chi connectivity index (χ0v) is 17.6. The highest BCUT2D eigenvalue weighted by molar-refractivity contribution is 5.06. The van der Waals surface area contributed by atoms with Crippen LogP contribution in [-0.2, 0) is 0 Å². The molecule has 0 N–H and O–H groups in total. The first kappa shape index (κ1) is 18.3. The van der Waals surface area contributed by atoms with Crippen LogP contribution in [0, 0.1) is 16.7 Å². The molecule has 4 fully saturated rings. The Morgan fingerprint density at radius 2 is 1.28 bits per heavy atom. The van der Waals surface area contributed by atoms with Crippen molar-refractivity contribution >= 4 is 0 Å². The van der Waals surface area contributed by atoms with Gasteiger partial charge in [-0.1, -0.05) is 20.8 Å². The molecule has 0 aromatic carbocycles. The summed E-state index contributed by atoms with van der Waals surface area (Å²) in [7, 11) is 0. The zero-order chi connectivity index (χ0) is 18.0. The SMILES string of the molecule is CC(C)(C)C1CN(C2CCC3(CC2)CN(C2CN(C(C)(C)C)C2)C3)C1. The minimum atomic E-state index is 0.360. The number of nitrogens with zero attached hydrogens (tertiary/aromatic N) is 3. The molecule has 3 saturated heterocycles. The van der Waals surface area contributed by atoms with E-state index in [1.165, 1.54) is 65.0 Å². The van der Waals surface area contributed by atoms with Crippen molar-refractivity contribution in [3.05, 3.63) is 0 Å². The van der Waals surface area contributed by atoms with E-state index >= 15 is 0 Å². The van der Waals surface area contributed by atoms with E-state index in [0.29, 0.717) is 16.4 Å². The molecule has 0 aromatic rings. The molecule has 0 amide bonds. The lowest BCUT2D eigenvalue weighted by molar-refractivity contribution is -0.124. The second kappa shape index (κ2) is 5.94. The van der Waals surface area contributed by atoms with Crippen molar-refractivity contribution < 1.29 is 0 Å². The number of rotatable bonds is 2. The monoisotopic (exact) mass is 347 g/mol. The maximum Gasteiger partial charge on any atom is 0.0351 e. The van der Waals surface area contributed by atoms with Crippen molar-refractivity contribution in [1.82, 2.24) is 14.7 Å². The molecule has 25 heavy (non-hydrogen) atoms. The normalized spacial score (nSPS) is 31.0. The highest BCUT2D eigenvalue weighted by Crippen LogP contribution is 2.48. The Bertz CT molecular complexity index is 472. The summed E-state index contributed by atoms with van der Waals surface area (Å²) in [5, 5.41) is 0. The van der Waals surface area contributed by atoms with Gasteiger partial charge in [0.25, 0.3) is 0 Å². The van der Waals surface area contributed by atoms with Gasteiger partial charge in [-0.15, -0.1) is 0 Å². The molecule has 1 saturated carbocycles. The summed E-state index contributed by atoms with van der Waals surface area (Å²) in [6.45, 7) is 22.4. The van der Waals surface area contributed by atoms with Gasteiger partial charge in [0, 0.05) is 56.9 Å². The molecule has 3 nitrogen and oxygen atoms in total. The predicted molar refractivity (Wildman–Crippen MR) is 106 cm³/mol. The first-order chi connectivity index (χ1) is 11.6. The minimum Gasteiger partial charge on any atom is -0.300 e. The van der Waals surface area contributed by atoms with E-state index in [2.05, 4.69) is 56.2 Å². The van der Waals surface area contributed by atoms with Crippen molar-refractivity contribution in [2.75, 3.05) is 39.3 Å². The van der Waals surface area contributed by atoms with E-state index < -0.39 is 0 Å². The number of hydrogen-bond acceptors (Lipinski definition) is 3. The van der Waals surface area contributed by atoms with E-state index in [4.69, 9.17) is 0 Å². The maximum atomic E-state index is 2.80. The lowest BCUT2D eigenvalue weighted by Gasteiger charge is -2.62. The third-order valence-electron chi connectivity index (χ3n) is 8.07. The van der Waals surface area contributed by atoms with Crippen LogP contribution in [0.25, 0.3) is 0 Å². The third kappa shape index (κ3) is 3.41. The predicted octanol–water partition coefficient (Wildman–Crippen LogP) is 3.69. The molecule has 0 aromatic heterocycles. The second-order valence-corrected chi connectivity index (χ2v) is 11.9. The molecule has 3 heteroatoms. The fourth-order valence-electron chi connectivity index (χ4n) is 5.56. The summed E-state index contributed by atoms with van der Waals surface area (Å²) in [5.74, 6) is 0.923. The summed E-state index contributed by atoms with van der Waals surface area (Å²) in [6.07, 6.45) is 5.90. The van der Waals surface area contributed by atoms with Gasteiger partial charge in [0.15, 0.2) is 0 Å². The lowest BCUT2D eigenvalue weighted by atomic mass is 9.65. The smallest absolute Gasteiger partial charge is 0.0351 e. The Balaban J connectivity index is 1.18. The van der Waals surface area contributed by atoms with Crippen molar-refractivity contribution in [2.45, 2.75) is 84.8 Å². The minimum absolute atomic E-state index is 0.360. The fraction of sp³-hybridized carbons (Fsp3) is 1.00. The van der Waals surface area contributed by atoms with Crippen LogP contribution in [0.1, 0.15) is 67.2 Å². The van der Waals surface area contributed by atoms with Gasteiger partial charge in [0.2, 0.25) is 0 Å². The first-order valence-electron chi connectivity index (χ1n) is 10.8. The highest BCUT2D eigenvalue weighted by Gasteiger charge is 2.51. The van der Waals surface area contributed by atoms with Crippen LogP contribution in [0.4, 0.5) is 0 Å². The maximum absolute atomic E-state index is 2.80. The highest BCUT2D eigenvalue weighted by atomic mass is 15.4. The van der Waals surface area contributed by atoms with Gasteiger partial charge in [0.1, 0.15) is 0 Å². The molecule has 3 heterocycles. The van der Waals surface area contributed by atoms with Crippen LogP contribution in [0.2, 0.25) is 0 Å². The van der Waals surface area contributed by atoms with Crippen molar-refractivity contribution in [2.24, 2.45) is 16.7 Å². The summed E-state index contributed by atoms with van der Waals surface area (Å²) in [5.41, 5.74) is 1.57. The van der Waals surface area contributed by atoms with Gasteiger partial charge in [-0.2, -0.15) is 0 Å². The molecule has 4 aliphatic rings. The Morgan fingerprint density at radius 1 is 0.720 bits per heavy atom. The van der Waals surface area contributed by atoms with Crippen LogP contribution < -0.4 is 0 Å². The molecule has 144 valence electrons. The van der Waals surface area contributed by atoms with E-state index in [-0.39, 0.29) is 0 Å². The van der Waals surface area contributed by atoms with Gasteiger partial charge < -0.3 is 0 Å². The lowest BCUT2D eigenvalue weighted by Crippen LogP contribution is -2.71. The fourth-order valence-corrected chi connectivity index (χ4v) is 5.56.